The van der Waals surface area contributed by atoms with Gasteiger partial charge in [0.05, 0.1) is 25.6 Å². The van der Waals surface area contributed by atoms with Gasteiger partial charge in [0.15, 0.2) is 5.16 Å². The van der Waals surface area contributed by atoms with Crippen LogP contribution in [0, 0.1) is 0 Å². The van der Waals surface area contributed by atoms with Crippen molar-refractivity contribution in [2.45, 2.75) is 38.4 Å². The van der Waals surface area contributed by atoms with Crippen LogP contribution in [0.3, 0.4) is 0 Å². The van der Waals surface area contributed by atoms with Crippen LogP contribution in [-0.2, 0) is 6.54 Å². The molecule has 0 bridgehead atoms. The first-order valence-electron chi connectivity index (χ1n) is 13.1. The summed E-state index contributed by atoms with van der Waals surface area (Å²) >= 11 is 1.62. The summed E-state index contributed by atoms with van der Waals surface area (Å²) in [6.07, 6.45) is 0. The molecule has 0 unspecified atom stereocenters. The van der Waals surface area contributed by atoms with Gasteiger partial charge in [-0.2, -0.15) is 0 Å². The van der Waals surface area contributed by atoms with Crippen LogP contribution in [0.2, 0.25) is 0 Å². The maximum Gasteiger partial charge on any atom is 0.319 e. The number of imidazole rings is 1. The maximum absolute atomic E-state index is 12.4. The molecule has 39 heavy (non-hydrogen) atoms. The van der Waals surface area contributed by atoms with Crippen molar-refractivity contribution in [3.63, 3.8) is 0 Å². The number of urea groups is 1. The number of amides is 2. The molecule has 2 amide bonds. The lowest BCUT2D eigenvalue weighted by atomic mass is 10.0. The van der Waals surface area contributed by atoms with Crippen molar-refractivity contribution in [2.24, 2.45) is 0 Å². The van der Waals surface area contributed by atoms with E-state index in [4.69, 9.17) is 14.5 Å². The lowest BCUT2D eigenvalue weighted by molar-refractivity contribution is 0.252. The third kappa shape index (κ3) is 6.95. The number of carbonyl (C=O) groups is 1. The molecule has 0 aliphatic rings. The zero-order valence-corrected chi connectivity index (χ0v) is 24.0. The molecule has 8 heteroatoms. The van der Waals surface area contributed by atoms with Gasteiger partial charge in [0.2, 0.25) is 0 Å². The van der Waals surface area contributed by atoms with Crippen molar-refractivity contribution in [2.75, 3.05) is 31.8 Å². The van der Waals surface area contributed by atoms with E-state index in [1.54, 1.807) is 26.0 Å². The van der Waals surface area contributed by atoms with Crippen molar-refractivity contribution in [3.8, 4) is 34.0 Å². The Hall–Kier alpha value is -3.91. The number of nitrogens with zero attached hydrogens (tertiary/aromatic N) is 2. The Morgan fingerprint density at radius 3 is 2.03 bits per heavy atom. The van der Waals surface area contributed by atoms with E-state index in [-0.39, 0.29) is 6.03 Å². The quantitative estimate of drug-likeness (QED) is 0.153. The van der Waals surface area contributed by atoms with Gasteiger partial charge in [0, 0.05) is 35.7 Å². The lowest BCUT2D eigenvalue weighted by Gasteiger charge is -2.12. The molecular weight excluding hydrogens is 508 g/mol. The molecule has 0 fully saturated rings. The molecule has 2 N–H and O–H groups in total. The lowest BCUT2D eigenvalue weighted by Crippen LogP contribution is -2.30. The number of ether oxygens (including phenoxy) is 2. The summed E-state index contributed by atoms with van der Waals surface area (Å²) in [5, 5.41) is 6.76. The van der Waals surface area contributed by atoms with Crippen LogP contribution < -0.4 is 20.1 Å². The first-order chi connectivity index (χ1) is 18.9. The molecule has 204 valence electrons. The van der Waals surface area contributed by atoms with Crippen LogP contribution in [0.25, 0.3) is 22.5 Å². The van der Waals surface area contributed by atoms with Gasteiger partial charge in [0.1, 0.15) is 11.5 Å². The van der Waals surface area contributed by atoms with E-state index in [0.717, 1.165) is 51.4 Å². The molecule has 7 nitrogen and oxygen atoms in total. The number of carbonyl (C=O) groups excluding carboxylic acids is 1. The molecule has 1 heterocycles. The molecule has 1 aromatic heterocycles. The highest BCUT2D eigenvalue weighted by Crippen LogP contribution is 2.37. The second kappa shape index (κ2) is 13.2. The fourth-order valence-corrected chi connectivity index (χ4v) is 5.18. The van der Waals surface area contributed by atoms with Gasteiger partial charge >= 0.3 is 6.03 Å². The molecule has 0 aliphatic carbocycles. The summed E-state index contributed by atoms with van der Waals surface area (Å²) in [4.78, 5) is 17.5. The van der Waals surface area contributed by atoms with Crippen molar-refractivity contribution >= 4 is 23.5 Å². The fraction of sp³-hybridized carbons (Fsp3) is 0.290. The predicted octanol–water partition coefficient (Wildman–Crippen LogP) is 7.29. The van der Waals surface area contributed by atoms with Crippen LogP contribution in [0.5, 0.6) is 11.5 Å². The number of methoxy groups -OCH3 is 2. The van der Waals surface area contributed by atoms with Gasteiger partial charge in [-0.15, -0.1) is 0 Å². The number of hydrogen-bond acceptors (Lipinski definition) is 5. The Balaban J connectivity index is 1.48. The number of aromatic nitrogens is 2. The van der Waals surface area contributed by atoms with E-state index in [1.165, 1.54) is 5.56 Å². The second-order valence-corrected chi connectivity index (χ2v) is 10.4. The van der Waals surface area contributed by atoms with Crippen molar-refractivity contribution in [1.82, 2.24) is 14.9 Å². The largest absolute Gasteiger partial charge is 0.497 e. The molecule has 0 atom stereocenters. The molecular formula is C31H36N4O3S. The molecule has 0 radical (unpaired) electrons. The standard InChI is InChI=1S/C31H36N4O3S/c1-6-35-29(24-11-17-27(38-5)18-12-24)28(23-9-15-26(37-4)16-10-23)34-31(35)39-20-19-32-30(36)33-25-13-7-22(8-14-25)21(2)3/h7-18,21H,6,19-20H2,1-5H3,(H2,32,33,36). The summed E-state index contributed by atoms with van der Waals surface area (Å²) in [5.41, 5.74) is 6.04. The Morgan fingerprint density at radius 1 is 0.897 bits per heavy atom. The van der Waals surface area contributed by atoms with E-state index >= 15 is 0 Å². The average molecular weight is 545 g/mol. The smallest absolute Gasteiger partial charge is 0.319 e. The minimum atomic E-state index is -0.218. The van der Waals surface area contributed by atoms with Crippen LogP contribution in [0.1, 0.15) is 32.3 Å². The Bertz CT molecular complexity index is 1360. The molecule has 0 aliphatic heterocycles. The van der Waals surface area contributed by atoms with Crippen LogP contribution in [-0.4, -0.2) is 42.1 Å². The highest BCUT2D eigenvalue weighted by Gasteiger charge is 2.20. The Morgan fingerprint density at radius 2 is 1.49 bits per heavy atom. The predicted molar refractivity (Wildman–Crippen MR) is 160 cm³/mol. The van der Waals surface area contributed by atoms with E-state index in [0.29, 0.717) is 18.2 Å². The van der Waals surface area contributed by atoms with Gasteiger partial charge in [-0.25, -0.2) is 9.78 Å². The van der Waals surface area contributed by atoms with Crippen LogP contribution in [0.15, 0.2) is 78.0 Å². The summed E-state index contributed by atoms with van der Waals surface area (Å²) in [6, 6.07) is 23.7. The fourth-order valence-electron chi connectivity index (χ4n) is 4.26. The second-order valence-electron chi connectivity index (χ2n) is 9.30. The van der Waals surface area contributed by atoms with E-state index < -0.39 is 0 Å². The SMILES string of the molecule is CCn1c(SCCNC(=O)Nc2ccc(C(C)C)cc2)nc(-c2ccc(OC)cc2)c1-c1ccc(OC)cc1. The zero-order valence-electron chi connectivity index (χ0n) is 23.2. The van der Waals surface area contributed by atoms with Gasteiger partial charge < -0.3 is 24.7 Å². The number of anilines is 1. The minimum absolute atomic E-state index is 0.218. The summed E-state index contributed by atoms with van der Waals surface area (Å²) in [7, 11) is 3.33. The summed E-state index contributed by atoms with van der Waals surface area (Å²) in [5.74, 6) is 2.74. The highest BCUT2D eigenvalue weighted by molar-refractivity contribution is 7.99. The number of benzene rings is 3. The third-order valence-electron chi connectivity index (χ3n) is 6.43. The maximum atomic E-state index is 12.4. The number of thioether (sulfide) groups is 1. The molecule has 4 aromatic rings. The monoisotopic (exact) mass is 544 g/mol. The Labute approximate surface area is 235 Å². The first-order valence-corrected chi connectivity index (χ1v) is 14.1. The van der Waals surface area contributed by atoms with E-state index in [9.17, 15) is 4.79 Å². The topological polar surface area (TPSA) is 77.4 Å². The van der Waals surface area contributed by atoms with Gasteiger partial charge in [-0.1, -0.05) is 37.7 Å². The molecule has 0 saturated carbocycles. The minimum Gasteiger partial charge on any atom is -0.497 e. The van der Waals surface area contributed by atoms with Crippen molar-refractivity contribution < 1.29 is 14.3 Å². The van der Waals surface area contributed by atoms with Gasteiger partial charge in [0.25, 0.3) is 0 Å². The molecule has 3 aromatic carbocycles. The van der Waals surface area contributed by atoms with Crippen molar-refractivity contribution in [1.29, 1.82) is 0 Å². The molecule has 0 spiro atoms. The highest BCUT2D eigenvalue weighted by atomic mass is 32.2. The summed E-state index contributed by atoms with van der Waals surface area (Å²) < 4.78 is 12.9. The van der Waals surface area contributed by atoms with Crippen LogP contribution >= 0.6 is 11.8 Å². The van der Waals surface area contributed by atoms with Gasteiger partial charge in [-0.3, -0.25) is 0 Å². The zero-order chi connectivity index (χ0) is 27.8. The molecule has 4 rings (SSSR count). The van der Waals surface area contributed by atoms with E-state index in [1.807, 2.05) is 60.7 Å². The number of rotatable bonds is 11. The summed E-state index contributed by atoms with van der Waals surface area (Å²) in [6.45, 7) is 7.68. The van der Waals surface area contributed by atoms with E-state index in [2.05, 4.69) is 48.1 Å². The third-order valence-corrected chi connectivity index (χ3v) is 7.41. The average Bonchev–Trinajstić information content (AvgIpc) is 3.34. The normalized spacial score (nSPS) is 10.9. The number of nitrogens with one attached hydrogen (secondary N) is 2. The van der Waals surface area contributed by atoms with Gasteiger partial charge in [-0.05, 0) is 79.1 Å². The van der Waals surface area contributed by atoms with Crippen LogP contribution in [0.4, 0.5) is 10.5 Å². The first kappa shape index (κ1) is 28.1. The van der Waals surface area contributed by atoms with Crippen molar-refractivity contribution in [3.05, 3.63) is 78.4 Å². The molecule has 0 saturated heterocycles. The Kier molecular flexibility index (Phi) is 9.54. The number of hydrogen-bond donors (Lipinski definition) is 2.